The second-order valence-electron chi connectivity index (χ2n) is 6.48. The molecule has 0 radical (unpaired) electrons. The van der Waals surface area contributed by atoms with Gasteiger partial charge in [0.05, 0.1) is 18.2 Å². The molecule has 28 heavy (non-hydrogen) atoms. The monoisotopic (exact) mass is 405 g/mol. The minimum Gasteiger partial charge on any atom is -0.466 e. The van der Waals surface area contributed by atoms with Gasteiger partial charge in [-0.15, -0.1) is 0 Å². The van der Waals surface area contributed by atoms with Crippen LogP contribution in [0.5, 0.6) is 0 Å². The lowest BCUT2D eigenvalue weighted by Gasteiger charge is -2.33. The van der Waals surface area contributed by atoms with Crippen molar-refractivity contribution in [3.63, 3.8) is 0 Å². The zero-order chi connectivity index (χ0) is 20.3. The van der Waals surface area contributed by atoms with Gasteiger partial charge in [0, 0.05) is 19.3 Å². The summed E-state index contributed by atoms with van der Waals surface area (Å²) in [5.74, 6) is -1.99. The molecular formula is C19H20FN3O4S. The van der Waals surface area contributed by atoms with Gasteiger partial charge in [0.15, 0.2) is 5.11 Å². The molecule has 2 heterocycles. The fraction of sp³-hybridized carbons (Fsp3) is 0.368. The standard InChI is InChI=1S/C19H20FN3O4S/c1-2-27-18(26)12-7-9-22(10-8-12)11-15-16(24)21-19(28)23(17(15)25)14-5-3-13(20)4-6-14/h3-6,11-12H,2,7-10H2,1H3,(H,21,24,28). The molecule has 0 aromatic heterocycles. The van der Waals surface area contributed by atoms with Crippen LogP contribution in [0.1, 0.15) is 19.8 Å². The van der Waals surface area contributed by atoms with Crippen LogP contribution in [-0.4, -0.2) is 47.5 Å². The molecule has 2 aliphatic rings. The first kappa shape index (κ1) is 19.9. The number of amides is 2. The average Bonchev–Trinajstić information content (AvgIpc) is 2.67. The summed E-state index contributed by atoms with van der Waals surface area (Å²) in [7, 11) is 0. The number of esters is 1. The summed E-state index contributed by atoms with van der Waals surface area (Å²) in [5.41, 5.74) is 0.302. The van der Waals surface area contributed by atoms with Crippen LogP contribution >= 0.6 is 12.2 Å². The van der Waals surface area contributed by atoms with Crippen molar-refractivity contribution in [1.29, 1.82) is 0 Å². The highest BCUT2D eigenvalue weighted by atomic mass is 32.1. The lowest BCUT2D eigenvalue weighted by atomic mass is 9.97. The maximum Gasteiger partial charge on any atom is 0.309 e. The first-order valence-corrected chi connectivity index (χ1v) is 9.39. The minimum atomic E-state index is -0.583. The highest BCUT2D eigenvalue weighted by Gasteiger charge is 2.35. The number of hydrogen-bond donors (Lipinski definition) is 1. The van der Waals surface area contributed by atoms with E-state index in [0.717, 1.165) is 4.90 Å². The number of benzene rings is 1. The average molecular weight is 405 g/mol. The van der Waals surface area contributed by atoms with Crippen LogP contribution in [0.25, 0.3) is 0 Å². The predicted octanol–water partition coefficient (Wildman–Crippen LogP) is 1.73. The van der Waals surface area contributed by atoms with Crippen molar-refractivity contribution >= 4 is 40.8 Å². The molecule has 0 aliphatic carbocycles. The van der Waals surface area contributed by atoms with Crippen LogP contribution in [0.3, 0.4) is 0 Å². The Balaban J connectivity index is 1.75. The Morgan fingerprint density at radius 3 is 2.54 bits per heavy atom. The molecule has 9 heteroatoms. The number of anilines is 1. The Bertz CT molecular complexity index is 832. The zero-order valence-electron chi connectivity index (χ0n) is 15.3. The van der Waals surface area contributed by atoms with Crippen molar-refractivity contribution in [2.45, 2.75) is 19.8 Å². The van der Waals surface area contributed by atoms with E-state index in [1.807, 2.05) is 4.90 Å². The predicted molar refractivity (Wildman–Crippen MR) is 104 cm³/mol. The SMILES string of the molecule is CCOC(=O)C1CCN(C=C2C(=O)NC(=S)N(c3ccc(F)cc3)C2=O)CC1. The Kier molecular flexibility index (Phi) is 6.03. The van der Waals surface area contributed by atoms with Gasteiger partial charge < -0.3 is 9.64 Å². The summed E-state index contributed by atoms with van der Waals surface area (Å²) < 4.78 is 18.2. The van der Waals surface area contributed by atoms with E-state index in [1.165, 1.54) is 30.5 Å². The van der Waals surface area contributed by atoms with Gasteiger partial charge in [-0.25, -0.2) is 4.39 Å². The lowest BCUT2D eigenvalue weighted by molar-refractivity contribution is -0.149. The van der Waals surface area contributed by atoms with E-state index in [9.17, 15) is 18.8 Å². The number of hydrogen-bond acceptors (Lipinski definition) is 6. The summed E-state index contributed by atoms with van der Waals surface area (Å²) in [4.78, 5) is 40.0. The molecule has 0 unspecified atom stereocenters. The van der Waals surface area contributed by atoms with E-state index in [2.05, 4.69) is 5.32 Å². The largest absolute Gasteiger partial charge is 0.466 e. The van der Waals surface area contributed by atoms with Crippen molar-refractivity contribution in [3.05, 3.63) is 41.9 Å². The van der Waals surface area contributed by atoms with Crippen LogP contribution in [0.4, 0.5) is 10.1 Å². The van der Waals surface area contributed by atoms with Gasteiger partial charge in [0.1, 0.15) is 11.4 Å². The van der Waals surface area contributed by atoms with Crippen molar-refractivity contribution in [1.82, 2.24) is 10.2 Å². The van der Waals surface area contributed by atoms with Gasteiger partial charge in [0.2, 0.25) is 0 Å². The van der Waals surface area contributed by atoms with Crippen molar-refractivity contribution in [3.8, 4) is 0 Å². The molecule has 0 bridgehead atoms. The van der Waals surface area contributed by atoms with Gasteiger partial charge in [-0.05, 0) is 56.2 Å². The Morgan fingerprint density at radius 2 is 1.93 bits per heavy atom. The highest BCUT2D eigenvalue weighted by molar-refractivity contribution is 7.80. The normalized spacial score (nSPS) is 19.8. The smallest absolute Gasteiger partial charge is 0.309 e. The molecule has 2 fully saturated rings. The molecule has 1 aromatic carbocycles. The molecule has 0 saturated carbocycles. The third kappa shape index (κ3) is 4.19. The summed E-state index contributed by atoms with van der Waals surface area (Å²) in [5, 5.41) is 2.44. The molecule has 0 spiro atoms. The van der Waals surface area contributed by atoms with E-state index in [1.54, 1.807) is 6.92 Å². The first-order chi connectivity index (χ1) is 13.4. The van der Waals surface area contributed by atoms with Crippen molar-refractivity contribution in [2.75, 3.05) is 24.6 Å². The molecule has 3 rings (SSSR count). The maximum atomic E-state index is 13.2. The first-order valence-electron chi connectivity index (χ1n) is 8.98. The molecule has 1 aromatic rings. The van der Waals surface area contributed by atoms with Crippen LogP contribution in [0.2, 0.25) is 0 Å². The quantitative estimate of drug-likeness (QED) is 0.356. The minimum absolute atomic E-state index is 0.0558. The Hall–Kier alpha value is -2.81. The number of carbonyl (C=O) groups is 3. The number of carbonyl (C=O) groups excluding carboxylic acids is 3. The van der Waals surface area contributed by atoms with Crippen LogP contribution in [0, 0.1) is 11.7 Å². The fourth-order valence-electron chi connectivity index (χ4n) is 3.18. The number of thiocarbonyl (C=S) groups is 1. The molecule has 2 amide bonds. The molecule has 1 N–H and O–H groups in total. The summed E-state index contributed by atoms with van der Waals surface area (Å²) >= 11 is 5.11. The molecule has 148 valence electrons. The number of piperidine rings is 1. The molecule has 2 saturated heterocycles. The zero-order valence-corrected chi connectivity index (χ0v) is 16.1. The summed E-state index contributed by atoms with van der Waals surface area (Å²) in [6.45, 7) is 3.15. The van der Waals surface area contributed by atoms with E-state index in [0.29, 0.717) is 38.2 Å². The van der Waals surface area contributed by atoms with Crippen molar-refractivity contribution < 1.29 is 23.5 Å². The van der Waals surface area contributed by atoms with Gasteiger partial charge in [-0.3, -0.25) is 24.6 Å². The van der Waals surface area contributed by atoms with Gasteiger partial charge in [0.25, 0.3) is 11.8 Å². The van der Waals surface area contributed by atoms with Crippen molar-refractivity contribution in [2.24, 2.45) is 5.92 Å². The number of rotatable bonds is 4. The summed E-state index contributed by atoms with van der Waals surface area (Å²) in [6.07, 6.45) is 2.66. The van der Waals surface area contributed by atoms with Crippen LogP contribution < -0.4 is 10.2 Å². The second kappa shape index (κ2) is 8.47. The number of nitrogens with zero attached hydrogens (tertiary/aromatic N) is 2. The number of ether oxygens (including phenoxy) is 1. The topological polar surface area (TPSA) is 79.0 Å². The molecule has 7 nitrogen and oxygen atoms in total. The number of likely N-dealkylation sites (tertiary alicyclic amines) is 1. The third-order valence-electron chi connectivity index (χ3n) is 4.65. The van der Waals surface area contributed by atoms with Gasteiger partial charge >= 0.3 is 5.97 Å². The Morgan fingerprint density at radius 1 is 1.29 bits per heavy atom. The third-order valence-corrected chi connectivity index (χ3v) is 4.93. The van der Waals surface area contributed by atoms with E-state index < -0.39 is 17.6 Å². The number of halogens is 1. The lowest BCUT2D eigenvalue weighted by Crippen LogP contribution is -2.54. The second-order valence-corrected chi connectivity index (χ2v) is 6.87. The van der Waals surface area contributed by atoms with E-state index in [-0.39, 0.29) is 22.6 Å². The Labute approximate surface area is 167 Å². The molecule has 0 atom stereocenters. The van der Waals surface area contributed by atoms with Gasteiger partial charge in [-0.1, -0.05) is 0 Å². The van der Waals surface area contributed by atoms with Gasteiger partial charge in [-0.2, -0.15) is 0 Å². The maximum absolute atomic E-state index is 13.2. The molecule has 2 aliphatic heterocycles. The van der Waals surface area contributed by atoms with Crippen LogP contribution in [-0.2, 0) is 19.1 Å². The van der Waals surface area contributed by atoms with Crippen LogP contribution in [0.15, 0.2) is 36.0 Å². The molecular weight excluding hydrogens is 385 g/mol. The fourth-order valence-corrected chi connectivity index (χ4v) is 3.46. The summed E-state index contributed by atoms with van der Waals surface area (Å²) in [6, 6.07) is 5.26. The van der Waals surface area contributed by atoms with E-state index >= 15 is 0 Å². The van der Waals surface area contributed by atoms with E-state index in [4.69, 9.17) is 17.0 Å². The highest BCUT2D eigenvalue weighted by Crippen LogP contribution is 2.23. The number of nitrogens with one attached hydrogen (secondary N) is 1.